The topological polar surface area (TPSA) is 43.4 Å². The molecular weight excluding hydrogens is 352 g/mol. The summed E-state index contributed by atoms with van der Waals surface area (Å²) in [5.41, 5.74) is 2.17. The second-order valence-electron chi connectivity index (χ2n) is 4.58. The normalized spacial score (nSPS) is 10.8. The molecule has 1 aromatic carbocycles. The Bertz CT molecular complexity index is 575. The number of nitrogens with one attached hydrogen (secondary N) is 1. The third-order valence-corrected chi connectivity index (χ3v) is 4.29. The molecule has 1 aromatic heterocycles. The second-order valence-corrected chi connectivity index (χ2v) is 6.50. The summed E-state index contributed by atoms with van der Waals surface area (Å²) >= 11 is 5.19. The molecule has 21 heavy (non-hydrogen) atoms. The van der Waals surface area contributed by atoms with Crippen molar-refractivity contribution in [2.45, 2.75) is 20.1 Å². The van der Waals surface area contributed by atoms with Crippen LogP contribution in [0.4, 0.5) is 0 Å². The molecule has 0 radical (unpaired) electrons. The van der Waals surface area contributed by atoms with Gasteiger partial charge in [0.15, 0.2) is 0 Å². The van der Waals surface area contributed by atoms with E-state index in [0.29, 0.717) is 6.61 Å². The molecule has 0 atom stereocenters. The van der Waals surface area contributed by atoms with Crippen molar-refractivity contribution in [2.24, 2.45) is 0 Å². The summed E-state index contributed by atoms with van der Waals surface area (Å²) in [5, 5.41) is 6.40. The van der Waals surface area contributed by atoms with Gasteiger partial charge in [0.2, 0.25) is 0 Å². The number of rotatable bonds is 8. The van der Waals surface area contributed by atoms with Crippen LogP contribution in [0.3, 0.4) is 0 Å². The molecule has 0 amide bonds. The molecule has 6 heteroatoms. The van der Waals surface area contributed by atoms with Crippen LogP contribution in [-0.4, -0.2) is 25.2 Å². The van der Waals surface area contributed by atoms with Crippen LogP contribution in [0.1, 0.15) is 16.3 Å². The first-order chi connectivity index (χ1) is 10.2. The number of hydrogen-bond donors (Lipinski definition) is 1. The Labute approximate surface area is 137 Å². The van der Waals surface area contributed by atoms with Crippen LogP contribution in [0.2, 0.25) is 0 Å². The molecule has 114 valence electrons. The van der Waals surface area contributed by atoms with Gasteiger partial charge < -0.3 is 14.8 Å². The predicted molar refractivity (Wildman–Crippen MR) is 88.9 cm³/mol. The zero-order valence-corrected chi connectivity index (χ0v) is 14.6. The molecule has 0 saturated carbocycles. The molecule has 1 N–H and O–H groups in total. The first-order valence-corrected chi connectivity index (χ1v) is 8.38. The molecule has 0 aliphatic carbocycles. The number of nitrogens with zero attached hydrogens (tertiary/aromatic N) is 1. The molecule has 4 nitrogen and oxygen atoms in total. The van der Waals surface area contributed by atoms with E-state index in [4.69, 9.17) is 9.47 Å². The van der Waals surface area contributed by atoms with Gasteiger partial charge in [-0.05, 0) is 40.5 Å². The Kier molecular flexibility index (Phi) is 6.63. The number of methoxy groups -OCH3 is 1. The zero-order valence-electron chi connectivity index (χ0n) is 12.2. The largest absolute Gasteiger partial charge is 0.486 e. The summed E-state index contributed by atoms with van der Waals surface area (Å²) in [7, 11) is 1.70. The van der Waals surface area contributed by atoms with Crippen molar-refractivity contribution in [3.63, 3.8) is 0 Å². The van der Waals surface area contributed by atoms with Crippen LogP contribution in [-0.2, 0) is 17.9 Å². The lowest BCUT2D eigenvalue weighted by molar-refractivity contribution is 0.199. The highest BCUT2D eigenvalue weighted by molar-refractivity contribution is 9.10. The van der Waals surface area contributed by atoms with E-state index < -0.39 is 0 Å². The van der Waals surface area contributed by atoms with Gasteiger partial charge in [0.25, 0.3) is 0 Å². The Morgan fingerprint density at radius 2 is 2.24 bits per heavy atom. The van der Waals surface area contributed by atoms with E-state index in [2.05, 4.69) is 38.4 Å². The first-order valence-electron chi connectivity index (χ1n) is 6.71. The standard InChI is InChI=1S/C15H19BrN2O2S/c1-11-18-13(10-21-11)9-20-15-4-3-12(7-14(15)16)8-17-5-6-19-2/h3-4,7,10,17H,5-6,8-9H2,1-2H3. The van der Waals surface area contributed by atoms with Crippen molar-refractivity contribution in [1.82, 2.24) is 10.3 Å². The van der Waals surface area contributed by atoms with E-state index in [0.717, 1.165) is 40.6 Å². The number of aromatic nitrogens is 1. The second kappa shape index (κ2) is 8.48. The van der Waals surface area contributed by atoms with Gasteiger partial charge in [0, 0.05) is 25.6 Å². The minimum Gasteiger partial charge on any atom is -0.486 e. The molecule has 0 spiro atoms. The molecular formula is C15H19BrN2O2S. The van der Waals surface area contributed by atoms with Crippen LogP contribution in [0.5, 0.6) is 5.75 Å². The zero-order chi connectivity index (χ0) is 15.1. The molecule has 0 aliphatic rings. The summed E-state index contributed by atoms with van der Waals surface area (Å²) < 4.78 is 11.8. The van der Waals surface area contributed by atoms with Crippen LogP contribution < -0.4 is 10.1 Å². The third kappa shape index (κ3) is 5.39. The number of thiazole rings is 1. The Hall–Kier alpha value is -0.950. The van der Waals surface area contributed by atoms with Crippen LogP contribution in [0, 0.1) is 6.92 Å². The first kappa shape index (κ1) is 16.4. The fraction of sp³-hybridized carbons (Fsp3) is 0.400. The van der Waals surface area contributed by atoms with Crippen molar-refractivity contribution in [3.8, 4) is 5.75 Å². The maximum absolute atomic E-state index is 5.79. The van der Waals surface area contributed by atoms with Gasteiger partial charge >= 0.3 is 0 Å². The molecule has 2 rings (SSSR count). The van der Waals surface area contributed by atoms with Gasteiger partial charge in [-0.25, -0.2) is 4.98 Å². The average molecular weight is 371 g/mol. The van der Waals surface area contributed by atoms with Crippen molar-refractivity contribution in [2.75, 3.05) is 20.3 Å². The highest BCUT2D eigenvalue weighted by Crippen LogP contribution is 2.27. The molecule has 0 unspecified atom stereocenters. The van der Waals surface area contributed by atoms with Crippen molar-refractivity contribution >= 4 is 27.3 Å². The van der Waals surface area contributed by atoms with E-state index in [9.17, 15) is 0 Å². The highest BCUT2D eigenvalue weighted by atomic mass is 79.9. The monoisotopic (exact) mass is 370 g/mol. The lowest BCUT2D eigenvalue weighted by Gasteiger charge is -2.09. The van der Waals surface area contributed by atoms with Crippen LogP contribution >= 0.6 is 27.3 Å². The molecule has 0 bridgehead atoms. The summed E-state index contributed by atoms with van der Waals surface area (Å²) in [4.78, 5) is 4.39. The Morgan fingerprint density at radius 1 is 1.38 bits per heavy atom. The SMILES string of the molecule is COCCNCc1ccc(OCc2csc(C)n2)c(Br)c1. The average Bonchev–Trinajstić information content (AvgIpc) is 2.88. The van der Waals surface area contributed by atoms with Gasteiger partial charge in [0.05, 0.1) is 21.8 Å². The van der Waals surface area contributed by atoms with E-state index >= 15 is 0 Å². The van der Waals surface area contributed by atoms with Gasteiger partial charge in [-0.2, -0.15) is 0 Å². The number of halogens is 1. The lowest BCUT2D eigenvalue weighted by Crippen LogP contribution is -2.18. The summed E-state index contributed by atoms with van der Waals surface area (Å²) in [6.45, 7) is 4.86. The van der Waals surface area contributed by atoms with Gasteiger partial charge in [0.1, 0.15) is 12.4 Å². The van der Waals surface area contributed by atoms with Gasteiger partial charge in [-0.1, -0.05) is 6.07 Å². The van der Waals surface area contributed by atoms with Gasteiger partial charge in [-0.15, -0.1) is 11.3 Å². The van der Waals surface area contributed by atoms with Crippen molar-refractivity contribution in [1.29, 1.82) is 0 Å². The lowest BCUT2D eigenvalue weighted by atomic mass is 10.2. The smallest absolute Gasteiger partial charge is 0.134 e. The number of hydrogen-bond acceptors (Lipinski definition) is 5. The fourth-order valence-corrected chi connectivity index (χ4v) is 2.94. The van der Waals surface area contributed by atoms with E-state index in [1.165, 1.54) is 5.56 Å². The maximum Gasteiger partial charge on any atom is 0.134 e. The fourth-order valence-electron chi connectivity index (χ4n) is 1.80. The number of aryl methyl sites for hydroxylation is 1. The molecule has 1 heterocycles. The van der Waals surface area contributed by atoms with Crippen molar-refractivity contribution in [3.05, 3.63) is 44.3 Å². The van der Waals surface area contributed by atoms with Crippen LogP contribution in [0.15, 0.2) is 28.1 Å². The third-order valence-electron chi connectivity index (χ3n) is 2.85. The van der Waals surface area contributed by atoms with E-state index in [1.54, 1.807) is 18.4 Å². The predicted octanol–water partition coefficient (Wildman–Crippen LogP) is 3.53. The quantitative estimate of drug-likeness (QED) is 0.721. The minimum atomic E-state index is 0.494. The van der Waals surface area contributed by atoms with E-state index in [1.807, 2.05) is 18.4 Å². The van der Waals surface area contributed by atoms with Gasteiger partial charge in [-0.3, -0.25) is 0 Å². The number of ether oxygens (including phenoxy) is 2. The molecule has 0 fully saturated rings. The highest BCUT2D eigenvalue weighted by Gasteiger charge is 2.05. The summed E-state index contributed by atoms with van der Waals surface area (Å²) in [6.07, 6.45) is 0. The summed E-state index contributed by atoms with van der Waals surface area (Å²) in [5.74, 6) is 0.835. The maximum atomic E-state index is 5.79. The number of benzene rings is 1. The van der Waals surface area contributed by atoms with Crippen molar-refractivity contribution < 1.29 is 9.47 Å². The van der Waals surface area contributed by atoms with Crippen LogP contribution in [0.25, 0.3) is 0 Å². The molecule has 0 aliphatic heterocycles. The molecule has 0 saturated heterocycles. The summed E-state index contributed by atoms with van der Waals surface area (Å²) in [6, 6.07) is 6.12. The van der Waals surface area contributed by atoms with E-state index in [-0.39, 0.29) is 0 Å². The molecule has 2 aromatic rings. The Balaban J connectivity index is 1.86. The Morgan fingerprint density at radius 3 is 2.90 bits per heavy atom. The minimum absolute atomic E-state index is 0.494.